The van der Waals surface area contributed by atoms with Crippen LogP contribution < -0.4 is 5.32 Å². The van der Waals surface area contributed by atoms with Crippen molar-refractivity contribution in [3.05, 3.63) is 17.0 Å². The van der Waals surface area contributed by atoms with Crippen molar-refractivity contribution in [2.45, 2.75) is 45.4 Å². The van der Waals surface area contributed by atoms with Crippen LogP contribution in [0.2, 0.25) is 0 Å². The van der Waals surface area contributed by atoms with E-state index in [9.17, 15) is 4.79 Å². The van der Waals surface area contributed by atoms with E-state index in [-0.39, 0.29) is 0 Å². The van der Waals surface area contributed by atoms with Gasteiger partial charge in [-0.2, -0.15) is 0 Å². The summed E-state index contributed by atoms with van der Waals surface area (Å²) in [5, 5.41) is 13.8. The number of thiophene rings is 1. The summed E-state index contributed by atoms with van der Waals surface area (Å²) in [7, 11) is 0. The van der Waals surface area contributed by atoms with Gasteiger partial charge in [-0.1, -0.05) is 32.6 Å². The molecule has 2 N–H and O–H groups in total. The van der Waals surface area contributed by atoms with E-state index in [4.69, 9.17) is 5.11 Å². The van der Waals surface area contributed by atoms with Crippen molar-refractivity contribution in [3.63, 3.8) is 0 Å². The van der Waals surface area contributed by atoms with Gasteiger partial charge in [0.15, 0.2) is 0 Å². The predicted molar refractivity (Wildman–Crippen MR) is 68.4 cm³/mol. The second-order valence-corrected chi connectivity index (χ2v) is 4.79. The lowest BCUT2D eigenvalue weighted by atomic mass is 10.1. The highest BCUT2D eigenvalue weighted by Crippen LogP contribution is 2.25. The number of rotatable bonds is 7. The Bertz CT molecular complexity index is 323. The standard InChI is InChI=1S/C12H19NO2S/c1-2-3-4-5-6-7-10-8-9-16-11(10)13-12(14)15/h8-9,13H,2-7H2,1H3,(H,14,15). The Labute approximate surface area is 100 Å². The molecule has 0 aliphatic rings. The van der Waals surface area contributed by atoms with Crippen LogP contribution in [-0.2, 0) is 6.42 Å². The highest BCUT2D eigenvalue weighted by atomic mass is 32.1. The average Bonchev–Trinajstić information content (AvgIpc) is 2.64. The maximum absolute atomic E-state index is 10.5. The molecule has 0 aromatic carbocycles. The number of nitrogens with one attached hydrogen (secondary N) is 1. The highest BCUT2D eigenvalue weighted by molar-refractivity contribution is 7.14. The molecule has 1 aromatic rings. The molecule has 16 heavy (non-hydrogen) atoms. The molecular weight excluding hydrogens is 222 g/mol. The zero-order chi connectivity index (χ0) is 11.8. The van der Waals surface area contributed by atoms with E-state index in [2.05, 4.69) is 12.2 Å². The molecule has 0 radical (unpaired) electrons. The van der Waals surface area contributed by atoms with Gasteiger partial charge in [0.1, 0.15) is 5.00 Å². The Morgan fingerprint density at radius 3 is 2.81 bits per heavy atom. The van der Waals surface area contributed by atoms with Crippen LogP contribution in [0.5, 0.6) is 0 Å². The molecule has 1 amide bonds. The van der Waals surface area contributed by atoms with Crippen LogP contribution in [0.1, 0.15) is 44.6 Å². The summed E-state index contributed by atoms with van der Waals surface area (Å²) in [5.74, 6) is 0. The van der Waals surface area contributed by atoms with E-state index in [1.54, 1.807) is 0 Å². The first-order chi connectivity index (χ1) is 7.74. The highest BCUT2D eigenvalue weighted by Gasteiger charge is 2.06. The fourth-order valence-electron chi connectivity index (χ4n) is 1.66. The lowest BCUT2D eigenvalue weighted by Gasteiger charge is -2.03. The van der Waals surface area contributed by atoms with Gasteiger partial charge in [0.2, 0.25) is 0 Å². The van der Waals surface area contributed by atoms with E-state index in [0.717, 1.165) is 23.4 Å². The van der Waals surface area contributed by atoms with Crippen molar-refractivity contribution < 1.29 is 9.90 Å². The third-order valence-corrected chi connectivity index (χ3v) is 3.39. The third kappa shape index (κ3) is 4.66. The molecule has 0 unspecified atom stereocenters. The van der Waals surface area contributed by atoms with Crippen LogP contribution in [0.15, 0.2) is 11.4 Å². The van der Waals surface area contributed by atoms with E-state index < -0.39 is 6.09 Å². The number of aryl methyl sites for hydroxylation is 1. The Morgan fingerprint density at radius 2 is 2.12 bits per heavy atom. The molecule has 1 rings (SSSR count). The molecule has 1 aromatic heterocycles. The van der Waals surface area contributed by atoms with Crippen molar-refractivity contribution in [1.29, 1.82) is 0 Å². The number of unbranched alkanes of at least 4 members (excludes halogenated alkanes) is 4. The fraction of sp³-hybridized carbons (Fsp3) is 0.583. The molecule has 0 atom stereocenters. The Hall–Kier alpha value is -1.03. The lowest BCUT2D eigenvalue weighted by molar-refractivity contribution is 0.210. The van der Waals surface area contributed by atoms with Gasteiger partial charge >= 0.3 is 6.09 Å². The number of hydrogen-bond acceptors (Lipinski definition) is 2. The SMILES string of the molecule is CCCCCCCc1ccsc1NC(=O)O. The van der Waals surface area contributed by atoms with Crippen molar-refractivity contribution in [2.75, 3.05) is 5.32 Å². The van der Waals surface area contributed by atoms with Gasteiger partial charge in [-0.15, -0.1) is 11.3 Å². The quantitative estimate of drug-likeness (QED) is 0.697. The summed E-state index contributed by atoms with van der Waals surface area (Å²) < 4.78 is 0. The maximum atomic E-state index is 10.5. The summed E-state index contributed by atoms with van der Waals surface area (Å²) in [6.07, 6.45) is 6.20. The summed E-state index contributed by atoms with van der Waals surface area (Å²) in [6.45, 7) is 2.20. The number of anilines is 1. The normalized spacial score (nSPS) is 10.3. The van der Waals surface area contributed by atoms with Crippen molar-refractivity contribution in [3.8, 4) is 0 Å². The summed E-state index contributed by atoms with van der Waals surface area (Å²) in [5.41, 5.74) is 1.13. The zero-order valence-electron chi connectivity index (χ0n) is 9.66. The Morgan fingerprint density at radius 1 is 1.38 bits per heavy atom. The van der Waals surface area contributed by atoms with Gasteiger partial charge in [0.05, 0.1) is 0 Å². The minimum atomic E-state index is -0.977. The van der Waals surface area contributed by atoms with E-state index in [1.807, 2.05) is 11.4 Å². The van der Waals surface area contributed by atoms with Gasteiger partial charge < -0.3 is 5.11 Å². The summed E-state index contributed by atoms with van der Waals surface area (Å²) in [6, 6.07) is 2.01. The maximum Gasteiger partial charge on any atom is 0.409 e. The first-order valence-corrected chi connectivity index (χ1v) is 6.68. The predicted octanol–water partition coefficient (Wildman–Crippen LogP) is 4.35. The van der Waals surface area contributed by atoms with Crippen LogP contribution in [0.25, 0.3) is 0 Å². The van der Waals surface area contributed by atoms with Gasteiger partial charge in [-0.3, -0.25) is 5.32 Å². The van der Waals surface area contributed by atoms with Crippen molar-refractivity contribution in [1.82, 2.24) is 0 Å². The second kappa shape index (κ2) is 7.28. The molecule has 0 saturated heterocycles. The van der Waals surface area contributed by atoms with E-state index >= 15 is 0 Å². The number of amides is 1. The largest absolute Gasteiger partial charge is 0.465 e. The van der Waals surface area contributed by atoms with Crippen LogP contribution >= 0.6 is 11.3 Å². The summed E-state index contributed by atoms with van der Waals surface area (Å²) >= 11 is 1.45. The molecule has 0 spiro atoms. The van der Waals surface area contributed by atoms with Crippen LogP contribution in [0.4, 0.5) is 9.80 Å². The smallest absolute Gasteiger partial charge is 0.409 e. The second-order valence-electron chi connectivity index (χ2n) is 3.87. The van der Waals surface area contributed by atoms with Gasteiger partial charge in [0.25, 0.3) is 0 Å². The Kier molecular flexibility index (Phi) is 5.93. The molecule has 0 saturated carbocycles. The lowest BCUT2D eigenvalue weighted by Crippen LogP contribution is -2.07. The van der Waals surface area contributed by atoms with Gasteiger partial charge in [-0.25, -0.2) is 4.79 Å². The van der Waals surface area contributed by atoms with E-state index in [1.165, 1.54) is 37.0 Å². The Balaban J connectivity index is 2.30. The molecule has 0 aliphatic carbocycles. The number of hydrogen-bond donors (Lipinski definition) is 2. The average molecular weight is 241 g/mol. The van der Waals surface area contributed by atoms with Crippen LogP contribution in [0.3, 0.4) is 0 Å². The van der Waals surface area contributed by atoms with Gasteiger partial charge in [-0.05, 0) is 29.9 Å². The first kappa shape index (κ1) is 13.0. The first-order valence-electron chi connectivity index (χ1n) is 5.80. The van der Waals surface area contributed by atoms with Crippen molar-refractivity contribution >= 4 is 22.4 Å². The molecule has 0 bridgehead atoms. The number of carbonyl (C=O) groups is 1. The monoisotopic (exact) mass is 241 g/mol. The van der Waals surface area contributed by atoms with Crippen LogP contribution in [0, 0.1) is 0 Å². The molecule has 4 heteroatoms. The zero-order valence-corrected chi connectivity index (χ0v) is 10.5. The minimum Gasteiger partial charge on any atom is -0.465 e. The molecule has 0 aliphatic heterocycles. The van der Waals surface area contributed by atoms with E-state index in [0.29, 0.717) is 0 Å². The van der Waals surface area contributed by atoms with Crippen molar-refractivity contribution in [2.24, 2.45) is 0 Å². The number of carboxylic acid groups (broad SMARTS) is 1. The topological polar surface area (TPSA) is 49.3 Å². The summed E-state index contributed by atoms with van der Waals surface area (Å²) in [4.78, 5) is 10.5. The fourth-order valence-corrected chi connectivity index (χ4v) is 2.49. The third-order valence-electron chi connectivity index (χ3n) is 2.52. The molecule has 90 valence electrons. The molecule has 3 nitrogen and oxygen atoms in total. The molecule has 0 fully saturated rings. The minimum absolute atomic E-state index is 0.781. The molecule has 1 heterocycles. The van der Waals surface area contributed by atoms with Crippen LogP contribution in [-0.4, -0.2) is 11.2 Å². The van der Waals surface area contributed by atoms with Gasteiger partial charge in [0, 0.05) is 0 Å². The molecular formula is C12H19NO2S.